The Morgan fingerprint density at radius 2 is 0.941 bits per heavy atom. The molecule has 0 aromatic carbocycles. The van der Waals surface area contributed by atoms with Crippen molar-refractivity contribution in [3.05, 3.63) is 21.3 Å². The molecule has 6 heteroatoms. The molecule has 17 heavy (non-hydrogen) atoms. The third-order valence-corrected chi connectivity index (χ3v) is 0.771. The molecule has 0 rings (SSSR count). The molecule has 0 fully saturated rings. The molecule has 0 aliphatic carbocycles. The molecule has 0 unspecified atom stereocenters. The molecular formula is C11H31N5Ti-4. The Kier molecular flexibility index (Phi) is 78.8. The minimum Gasteiger partial charge on any atom is -0.668 e. The van der Waals surface area contributed by atoms with E-state index in [2.05, 4.69) is 26.2 Å². The van der Waals surface area contributed by atoms with E-state index in [9.17, 15) is 0 Å². The summed E-state index contributed by atoms with van der Waals surface area (Å²) in [6.45, 7) is 2.02. The Morgan fingerprint density at radius 3 is 1.00 bits per heavy atom. The summed E-state index contributed by atoms with van der Waals surface area (Å²) in [6, 6.07) is 0. The average Bonchev–Trinajstić information content (AvgIpc) is 2.18. The fourth-order valence-electron chi connectivity index (χ4n) is 0.300. The van der Waals surface area contributed by atoms with Crippen LogP contribution in [0.15, 0.2) is 0 Å². The van der Waals surface area contributed by atoms with Crippen LogP contribution in [-0.2, 0) is 21.7 Å². The smallest absolute Gasteiger partial charge is 0 e. The summed E-state index contributed by atoms with van der Waals surface area (Å²) in [4.78, 5) is 2.12. The third-order valence-electron chi connectivity index (χ3n) is 0.771. The van der Waals surface area contributed by atoms with Gasteiger partial charge in [0.15, 0.2) is 0 Å². The molecule has 0 spiro atoms. The van der Waals surface area contributed by atoms with Crippen molar-refractivity contribution in [1.29, 1.82) is 0 Å². The Morgan fingerprint density at radius 1 is 0.706 bits per heavy atom. The predicted molar refractivity (Wildman–Crippen MR) is 78.3 cm³/mol. The number of likely N-dealkylation sites (N-methyl/N-ethyl adjacent to an activating group) is 2. The Labute approximate surface area is 124 Å². The molecule has 0 heterocycles. The maximum absolute atomic E-state index is 3.93. The van der Waals surface area contributed by atoms with Crippen molar-refractivity contribution in [2.24, 2.45) is 0 Å². The number of rotatable bonds is 3. The maximum Gasteiger partial charge on any atom is 0 e. The molecule has 0 atom stereocenters. The van der Waals surface area contributed by atoms with Crippen LogP contribution in [0.25, 0.3) is 21.3 Å². The van der Waals surface area contributed by atoms with E-state index in [1.54, 1.807) is 42.3 Å². The van der Waals surface area contributed by atoms with Gasteiger partial charge in [0.25, 0.3) is 0 Å². The van der Waals surface area contributed by atoms with Crippen LogP contribution in [0, 0.1) is 0 Å². The largest absolute Gasteiger partial charge is 0.668 e. The molecule has 0 aliphatic heterocycles. The normalized spacial score (nSPS) is 7.41. The molecule has 0 aromatic rings. The zero-order valence-electron chi connectivity index (χ0n) is 13.2. The third kappa shape index (κ3) is 171. The van der Waals surface area contributed by atoms with Crippen LogP contribution in [0.3, 0.4) is 0 Å². The SMILES string of the molecule is C[N-]C.C[N-]C.C[N-]C.C[N-]CCN(C)C.[Ti]. The van der Waals surface area contributed by atoms with E-state index in [0.717, 1.165) is 13.1 Å². The van der Waals surface area contributed by atoms with Gasteiger partial charge in [-0.2, -0.15) is 49.3 Å². The Balaban J connectivity index is -0.0000000411. The van der Waals surface area contributed by atoms with Gasteiger partial charge in [-0.1, -0.05) is 0 Å². The molecule has 0 aromatic heterocycles. The van der Waals surface area contributed by atoms with Crippen LogP contribution in [0.5, 0.6) is 0 Å². The molecule has 0 saturated carbocycles. The van der Waals surface area contributed by atoms with Gasteiger partial charge in [0.05, 0.1) is 0 Å². The van der Waals surface area contributed by atoms with Gasteiger partial charge in [-0.25, -0.2) is 0 Å². The monoisotopic (exact) mass is 281 g/mol. The van der Waals surface area contributed by atoms with Crippen LogP contribution in [-0.4, -0.2) is 81.4 Å². The summed E-state index contributed by atoms with van der Waals surface area (Å²) >= 11 is 0. The first-order valence-corrected chi connectivity index (χ1v) is 5.16. The Hall–Kier alpha value is 0.514. The summed E-state index contributed by atoms with van der Waals surface area (Å²) in [5, 5.41) is 14.4. The van der Waals surface area contributed by atoms with Gasteiger partial charge in [0, 0.05) is 21.7 Å². The minimum atomic E-state index is 0. The fraction of sp³-hybridized carbons (Fsp3) is 1.00. The summed E-state index contributed by atoms with van der Waals surface area (Å²) in [5.74, 6) is 0. The molecule has 0 N–H and O–H groups in total. The number of hydrogen-bond acceptors (Lipinski definition) is 1. The average molecular weight is 281 g/mol. The molecule has 0 radical (unpaired) electrons. The first-order chi connectivity index (χ1) is 7.51. The van der Waals surface area contributed by atoms with E-state index >= 15 is 0 Å². The van der Waals surface area contributed by atoms with Gasteiger partial charge in [0.2, 0.25) is 0 Å². The second-order valence-corrected chi connectivity index (χ2v) is 3.18. The number of hydrogen-bond donors (Lipinski definition) is 0. The number of nitrogens with zero attached hydrogens (tertiary/aromatic N) is 5. The van der Waals surface area contributed by atoms with E-state index < -0.39 is 0 Å². The van der Waals surface area contributed by atoms with Crippen molar-refractivity contribution in [3.63, 3.8) is 0 Å². The second kappa shape index (κ2) is 43.9. The molecular weight excluding hydrogens is 250 g/mol. The molecule has 108 valence electrons. The second-order valence-electron chi connectivity index (χ2n) is 3.18. The zero-order valence-corrected chi connectivity index (χ0v) is 14.7. The van der Waals surface area contributed by atoms with E-state index in [-0.39, 0.29) is 21.7 Å². The van der Waals surface area contributed by atoms with Crippen LogP contribution in [0.4, 0.5) is 0 Å². The van der Waals surface area contributed by atoms with Crippen LogP contribution in [0.2, 0.25) is 0 Å². The van der Waals surface area contributed by atoms with Crippen molar-refractivity contribution in [3.8, 4) is 0 Å². The van der Waals surface area contributed by atoms with Crippen molar-refractivity contribution in [2.75, 3.05) is 76.5 Å². The quantitative estimate of drug-likeness (QED) is 0.733. The van der Waals surface area contributed by atoms with Gasteiger partial charge in [-0.3, -0.25) is 0 Å². The maximum atomic E-state index is 3.93. The summed E-state index contributed by atoms with van der Waals surface area (Å²) in [7, 11) is 16.4. The van der Waals surface area contributed by atoms with E-state index in [1.807, 2.05) is 21.1 Å². The first kappa shape index (κ1) is 30.5. The van der Waals surface area contributed by atoms with Gasteiger partial charge >= 0.3 is 0 Å². The Bertz CT molecular complexity index is 70.1. The summed E-state index contributed by atoms with van der Waals surface area (Å²) < 4.78 is 0. The fourth-order valence-corrected chi connectivity index (χ4v) is 0.300. The standard InChI is InChI=1S/C5H13N2.3C2H6N.Ti/c1-6-4-5-7(2)3;3*1-3-2;/h4-5H2,1-3H3;3*1-2H3;/q4*-1;. The van der Waals surface area contributed by atoms with E-state index in [0.29, 0.717) is 0 Å². The van der Waals surface area contributed by atoms with Gasteiger partial charge in [-0.05, 0) is 20.6 Å². The van der Waals surface area contributed by atoms with Crippen LogP contribution >= 0.6 is 0 Å². The minimum absolute atomic E-state index is 0. The van der Waals surface area contributed by atoms with Crippen molar-refractivity contribution >= 4 is 0 Å². The molecule has 0 aliphatic rings. The van der Waals surface area contributed by atoms with Crippen LogP contribution in [0.1, 0.15) is 0 Å². The topological polar surface area (TPSA) is 59.6 Å². The van der Waals surface area contributed by atoms with Crippen LogP contribution < -0.4 is 0 Å². The predicted octanol–water partition coefficient (Wildman–Crippen LogP) is 2.41. The van der Waals surface area contributed by atoms with Gasteiger partial charge in [-0.15, -0.1) is 6.54 Å². The molecule has 5 nitrogen and oxygen atoms in total. The van der Waals surface area contributed by atoms with Gasteiger partial charge in [0.1, 0.15) is 0 Å². The van der Waals surface area contributed by atoms with E-state index in [4.69, 9.17) is 0 Å². The molecule has 0 saturated heterocycles. The van der Waals surface area contributed by atoms with Crippen molar-refractivity contribution < 1.29 is 21.7 Å². The molecule has 0 amide bonds. The zero-order chi connectivity index (χ0) is 13.8. The first-order valence-electron chi connectivity index (χ1n) is 5.16. The van der Waals surface area contributed by atoms with Gasteiger partial charge < -0.3 is 26.2 Å². The van der Waals surface area contributed by atoms with Crippen molar-refractivity contribution in [1.82, 2.24) is 4.90 Å². The summed E-state index contributed by atoms with van der Waals surface area (Å²) in [5.41, 5.74) is 0. The molecule has 0 bridgehead atoms. The summed E-state index contributed by atoms with van der Waals surface area (Å²) in [6.07, 6.45) is 0. The van der Waals surface area contributed by atoms with Crippen molar-refractivity contribution in [2.45, 2.75) is 0 Å². The van der Waals surface area contributed by atoms with E-state index in [1.165, 1.54) is 0 Å².